The summed E-state index contributed by atoms with van der Waals surface area (Å²) in [5.41, 5.74) is 5.38. The van der Waals surface area contributed by atoms with Gasteiger partial charge in [-0.2, -0.15) is 0 Å². The number of benzene rings is 1. The molecule has 0 radical (unpaired) electrons. The third-order valence-corrected chi connectivity index (χ3v) is 2.19. The molecule has 0 bridgehead atoms. The van der Waals surface area contributed by atoms with E-state index in [2.05, 4.69) is 6.92 Å². The van der Waals surface area contributed by atoms with Gasteiger partial charge < -0.3 is 15.9 Å². The summed E-state index contributed by atoms with van der Waals surface area (Å²) >= 11 is 0. The Bertz CT molecular complexity index is 336. The number of carboxylic acids is 2. The third kappa shape index (κ3) is 6.65. The Hall–Kier alpha value is -1.88. The van der Waals surface area contributed by atoms with Gasteiger partial charge in [-0.15, -0.1) is 0 Å². The highest BCUT2D eigenvalue weighted by Gasteiger charge is 2.04. The average molecular weight is 253 g/mol. The first-order valence-electron chi connectivity index (χ1n) is 5.79. The molecule has 0 spiro atoms. The largest absolute Gasteiger partial charge is 0.478 e. The molecule has 0 atom stereocenters. The molecule has 1 rings (SSSR count). The lowest BCUT2D eigenvalue weighted by molar-refractivity contribution is 0.0681. The summed E-state index contributed by atoms with van der Waals surface area (Å²) < 4.78 is 0. The zero-order valence-corrected chi connectivity index (χ0v) is 10.4. The number of nitrogens with two attached hydrogens (primary N) is 1. The highest BCUT2D eigenvalue weighted by atomic mass is 16.4. The van der Waals surface area contributed by atoms with Gasteiger partial charge in [0, 0.05) is 0 Å². The molecular formula is C13H19NO4. The quantitative estimate of drug-likeness (QED) is 0.698. The van der Waals surface area contributed by atoms with E-state index < -0.39 is 11.9 Å². The lowest BCUT2D eigenvalue weighted by Crippen LogP contribution is -1.99. The molecular weight excluding hydrogens is 234 g/mol. The van der Waals surface area contributed by atoms with Crippen LogP contribution < -0.4 is 5.73 Å². The standard InChI is InChI=1S/C8H6O4.C5H13N/c9-7(10)5-1-2-6(4-3-5)8(11)12;1-2-3-4-5-6/h1-4H,(H,9,10)(H,11,12);2-6H2,1H3. The van der Waals surface area contributed by atoms with Crippen molar-refractivity contribution >= 4 is 11.9 Å². The van der Waals surface area contributed by atoms with Gasteiger partial charge in [0.05, 0.1) is 11.1 Å². The first-order chi connectivity index (χ1) is 8.52. The van der Waals surface area contributed by atoms with Crippen LogP contribution in [-0.2, 0) is 0 Å². The maximum atomic E-state index is 10.3. The first-order valence-corrected chi connectivity index (χ1v) is 5.79. The van der Waals surface area contributed by atoms with E-state index in [0.29, 0.717) is 0 Å². The van der Waals surface area contributed by atoms with Crippen LogP contribution in [0.4, 0.5) is 0 Å². The van der Waals surface area contributed by atoms with Crippen molar-refractivity contribution in [3.05, 3.63) is 35.4 Å². The molecule has 5 heteroatoms. The number of aromatic carboxylic acids is 2. The van der Waals surface area contributed by atoms with E-state index in [4.69, 9.17) is 15.9 Å². The van der Waals surface area contributed by atoms with Crippen molar-refractivity contribution < 1.29 is 19.8 Å². The minimum absolute atomic E-state index is 0.0833. The van der Waals surface area contributed by atoms with Gasteiger partial charge in [0.2, 0.25) is 0 Å². The van der Waals surface area contributed by atoms with Crippen LogP contribution >= 0.6 is 0 Å². The molecule has 0 fully saturated rings. The summed E-state index contributed by atoms with van der Waals surface area (Å²) in [6.07, 6.45) is 3.75. The zero-order chi connectivity index (χ0) is 14.0. The maximum Gasteiger partial charge on any atom is 0.335 e. The van der Waals surface area contributed by atoms with E-state index in [1.54, 1.807) is 0 Å². The molecule has 0 heterocycles. The summed E-state index contributed by atoms with van der Waals surface area (Å²) in [4.78, 5) is 20.7. The Morgan fingerprint density at radius 2 is 1.39 bits per heavy atom. The van der Waals surface area contributed by atoms with Crippen LogP contribution in [0.2, 0.25) is 0 Å². The minimum atomic E-state index is -1.06. The Kier molecular flexibility index (Phi) is 8.22. The molecule has 0 aromatic heterocycles. The molecule has 0 amide bonds. The van der Waals surface area contributed by atoms with Gasteiger partial charge in [-0.3, -0.25) is 0 Å². The topological polar surface area (TPSA) is 101 Å². The second kappa shape index (κ2) is 9.18. The fourth-order valence-corrected chi connectivity index (χ4v) is 1.15. The second-order valence-electron chi connectivity index (χ2n) is 3.68. The maximum absolute atomic E-state index is 10.3. The molecule has 0 aliphatic rings. The lowest BCUT2D eigenvalue weighted by atomic mass is 10.1. The summed E-state index contributed by atoms with van der Waals surface area (Å²) in [5, 5.41) is 16.9. The smallest absolute Gasteiger partial charge is 0.335 e. The highest BCUT2D eigenvalue weighted by Crippen LogP contribution is 2.03. The Morgan fingerprint density at radius 3 is 1.56 bits per heavy atom. The van der Waals surface area contributed by atoms with Crippen molar-refractivity contribution in [1.82, 2.24) is 0 Å². The van der Waals surface area contributed by atoms with Crippen molar-refractivity contribution in [2.45, 2.75) is 26.2 Å². The van der Waals surface area contributed by atoms with Gasteiger partial charge in [0.15, 0.2) is 0 Å². The molecule has 18 heavy (non-hydrogen) atoms. The number of hydrogen-bond acceptors (Lipinski definition) is 3. The van der Waals surface area contributed by atoms with Crippen LogP contribution in [0.1, 0.15) is 46.9 Å². The fraction of sp³-hybridized carbons (Fsp3) is 0.385. The Balaban J connectivity index is 0.000000411. The fourth-order valence-electron chi connectivity index (χ4n) is 1.15. The predicted octanol–water partition coefficient (Wildman–Crippen LogP) is 2.22. The van der Waals surface area contributed by atoms with Gasteiger partial charge in [0.1, 0.15) is 0 Å². The van der Waals surface area contributed by atoms with E-state index in [1.165, 1.54) is 43.5 Å². The van der Waals surface area contributed by atoms with E-state index >= 15 is 0 Å². The predicted molar refractivity (Wildman–Crippen MR) is 68.9 cm³/mol. The van der Waals surface area contributed by atoms with Crippen LogP contribution in [-0.4, -0.2) is 28.7 Å². The summed E-state index contributed by atoms with van der Waals surface area (Å²) in [5.74, 6) is -2.13. The number of rotatable bonds is 5. The normalized spacial score (nSPS) is 9.22. The zero-order valence-electron chi connectivity index (χ0n) is 10.4. The molecule has 0 saturated heterocycles. The van der Waals surface area contributed by atoms with Crippen molar-refractivity contribution in [2.24, 2.45) is 5.73 Å². The monoisotopic (exact) mass is 253 g/mol. The van der Waals surface area contributed by atoms with Crippen molar-refractivity contribution in [2.75, 3.05) is 6.54 Å². The van der Waals surface area contributed by atoms with Crippen molar-refractivity contribution in [1.29, 1.82) is 0 Å². The van der Waals surface area contributed by atoms with Gasteiger partial charge in [-0.05, 0) is 37.2 Å². The molecule has 1 aromatic rings. The SMILES string of the molecule is CCCCCN.O=C(O)c1ccc(C(=O)O)cc1. The van der Waals surface area contributed by atoms with Crippen molar-refractivity contribution in [3.63, 3.8) is 0 Å². The lowest BCUT2D eigenvalue weighted by Gasteiger charge is -1.94. The van der Waals surface area contributed by atoms with Crippen LogP contribution in [0.25, 0.3) is 0 Å². The number of carboxylic acid groups (broad SMARTS) is 2. The van der Waals surface area contributed by atoms with Crippen LogP contribution in [0, 0.1) is 0 Å². The van der Waals surface area contributed by atoms with Gasteiger partial charge >= 0.3 is 11.9 Å². The molecule has 4 N–H and O–H groups in total. The molecule has 100 valence electrons. The molecule has 5 nitrogen and oxygen atoms in total. The molecule has 1 aromatic carbocycles. The van der Waals surface area contributed by atoms with Gasteiger partial charge in [-0.1, -0.05) is 19.8 Å². The first kappa shape index (κ1) is 16.1. The average Bonchev–Trinajstić information content (AvgIpc) is 2.37. The Labute approximate surface area is 106 Å². The van der Waals surface area contributed by atoms with Crippen LogP contribution in [0.5, 0.6) is 0 Å². The molecule has 0 saturated carbocycles. The van der Waals surface area contributed by atoms with E-state index in [0.717, 1.165) is 6.54 Å². The second-order valence-corrected chi connectivity index (χ2v) is 3.68. The number of hydrogen-bond donors (Lipinski definition) is 3. The van der Waals surface area contributed by atoms with Crippen molar-refractivity contribution in [3.8, 4) is 0 Å². The van der Waals surface area contributed by atoms with Gasteiger partial charge in [0.25, 0.3) is 0 Å². The van der Waals surface area contributed by atoms with Crippen LogP contribution in [0.15, 0.2) is 24.3 Å². The minimum Gasteiger partial charge on any atom is -0.478 e. The number of unbranched alkanes of at least 4 members (excludes halogenated alkanes) is 2. The summed E-state index contributed by atoms with van der Waals surface area (Å²) in [7, 11) is 0. The molecule has 0 unspecified atom stereocenters. The summed E-state index contributed by atoms with van der Waals surface area (Å²) in [6.45, 7) is 3.03. The molecule has 0 aliphatic carbocycles. The van der Waals surface area contributed by atoms with E-state index in [9.17, 15) is 9.59 Å². The van der Waals surface area contributed by atoms with E-state index in [-0.39, 0.29) is 11.1 Å². The highest BCUT2D eigenvalue weighted by molar-refractivity contribution is 5.91. The number of carbonyl (C=O) groups is 2. The van der Waals surface area contributed by atoms with Gasteiger partial charge in [-0.25, -0.2) is 9.59 Å². The van der Waals surface area contributed by atoms with E-state index in [1.807, 2.05) is 0 Å². The third-order valence-electron chi connectivity index (χ3n) is 2.19. The Morgan fingerprint density at radius 1 is 1.00 bits per heavy atom. The summed E-state index contributed by atoms with van der Waals surface area (Å²) in [6, 6.07) is 5.02. The van der Waals surface area contributed by atoms with Crippen LogP contribution in [0.3, 0.4) is 0 Å². The molecule has 0 aliphatic heterocycles.